The number of hydrogen-bond donors (Lipinski definition) is 0. The zero-order valence-corrected chi connectivity index (χ0v) is 11.9. The summed E-state index contributed by atoms with van der Waals surface area (Å²) in [7, 11) is -0.869. The molecule has 1 aliphatic rings. The molecule has 3 nitrogen and oxygen atoms in total. The number of aromatic nitrogens is 1. The summed E-state index contributed by atoms with van der Waals surface area (Å²) in [6.45, 7) is 7.38. The van der Waals surface area contributed by atoms with Crippen LogP contribution in [0, 0.1) is 5.95 Å². The van der Waals surface area contributed by atoms with Crippen molar-refractivity contribution in [2.24, 2.45) is 0 Å². The number of nitrogens with zero attached hydrogens (tertiary/aromatic N) is 1. The average Bonchev–Trinajstić information content (AvgIpc) is 2.50. The maximum atomic E-state index is 13.3. The molecule has 0 saturated carbocycles. The van der Waals surface area contributed by atoms with Gasteiger partial charge < -0.3 is 9.31 Å². The van der Waals surface area contributed by atoms with Crippen molar-refractivity contribution in [1.82, 2.24) is 4.98 Å². The van der Waals surface area contributed by atoms with Gasteiger partial charge in [-0.15, -0.1) is 0 Å². The van der Waals surface area contributed by atoms with Crippen molar-refractivity contribution < 1.29 is 22.5 Å². The minimum atomic E-state index is -2.54. The van der Waals surface area contributed by atoms with E-state index < -0.39 is 37.1 Å². The van der Waals surface area contributed by atoms with Gasteiger partial charge in [-0.05, 0) is 44.8 Å². The Labute approximate surface area is 116 Å². The second-order valence-electron chi connectivity index (χ2n) is 5.89. The predicted octanol–water partition coefficient (Wildman–Crippen LogP) is 2.33. The second-order valence-corrected chi connectivity index (χ2v) is 5.89. The maximum absolute atomic E-state index is 13.3. The van der Waals surface area contributed by atoms with Crippen LogP contribution in [0.1, 0.15) is 33.3 Å². The summed E-state index contributed by atoms with van der Waals surface area (Å²) in [5.74, 6) is -0.743. The minimum absolute atomic E-state index is 0.236. The van der Waals surface area contributed by atoms with Crippen LogP contribution in [0.3, 0.4) is 0 Å². The molecule has 20 heavy (non-hydrogen) atoms. The molecule has 1 aliphatic heterocycles. The standard InChI is InChI=1S/C13H17BF3NO2/c1-12(2)13(3,4)20-14(19-12)9-6-11(17)18-7-8(9)5-10(15)16/h6-7,10H,5H2,1-4H3. The van der Waals surface area contributed by atoms with E-state index in [4.69, 9.17) is 9.31 Å². The summed E-state index contributed by atoms with van der Waals surface area (Å²) >= 11 is 0. The van der Waals surface area contributed by atoms with Crippen molar-refractivity contribution in [3.05, 3.63) is 23.8 Å². The number of alkyl halides is 2. The van der Waals surface area contributed by atoms with Gasteiger partial charge >= 0.3 is 7.12 Å². The number of hydrogen-bond acceptors (Lipinski definition) is 3. The highest BCUT2D eigenvalue weighted by Gasteiger charge is 2.52. The van der Waals surface area contributed by atoms with E-state index in [9.17, 15) is 13.2 Å². The summed E-state index contributed by atoms with van der Waals surface area (Å²) < 4.78 is 50.0. The fourth-order valence-corrected chi connectivity index (χ4v) is 2.00. The van der Waals surface area contributed by atoms with E-state index in [1.807, 2.05) is 27.7 Å². The van der Waals surface area contributed by atoms with Crippen LogP contribution in [0.15, 0.2) is 12.3 Å². The van der Waals surface area contributed by atoms with Crippen molar-refractivity contribution in [1.29, 1.82) is 0 Å². The van der Waals surface area contributed by atoms with Gasteiger partial charge in [0.05, 0.1) is 11.2 Å². The Morgan fingerprint density at radius 3 is 2.25 bits per heavy atom. The Hall–Kier alpha value is -1.08. The predicted molar refractivity (Wildman–Crippen MR) is 69.6 cm³/mol. The first-order valence-electron chi connectivity index (χ1n) is 6.40. The molecule has 2 rings (SSSR count). The Balaban J connectivity index is 2.36. The molecule has 0 aromatic carbocycles. The first-order valence-corrected chi connectivity index (χ1v) is 6.40. The smallest absolute Gasteiger partial charge is 0.399 e. The van der Waals surface area contributed by atoms with Crippen LogP contribution in [0.2, 0.25) is 0 Å². The lowest BCUT2D eigenvalue weighted by atomic mass is 9.76. The zero-order valence-electron chi connectivity index (χ0n) is 11.9. The van der Waals surface area contributed by atoms with Crippen LogP contribution < -0.4 is 5.46 Å². The van der Waals surface area contributed by atoms with Crippen LogP contribution in [0.5, 0.6) is 0 Å². The third-order valence-electron chi connectivity index (χ3n) is 3.87. The summed E-state index contributed by atoms with van der Waals surface area (Å²) in [5, 5.41) is 0. The Morgan fingerprint density at radius 1 is 1.20 bits per heavy atom. The summed E-state index contributed by atoms with van der Waals surface area (Å²) in [4.78, 5) is 3.43. The topological polar surface area (TPSA) is 31.4 Å². The van der Waals surface area contributed by atoms with Gasteiger partial charge in [0.2, 0.25) is 12.4 Å². The van der Waals surface area contributed by atoms with Crippen molar-refractivity contribution in [3.8, 4) is 0 Å². The van der Waals surface area contributed by atoms with Crippen LogP contribution in [0.4, 0.5) is 13.2 Å². The van der Waals surface area contributed by atoms with Gasteiger partial charge in [-0.1, -0.05) is 0 Å². The van der Waals surface area contributed by atoms with Crippen LogP contribution in [0.25, 0.3) is 0 Å². The zero-order chi connectivity index (χ0) is 15.1. The molecule has 7 heteroatoms. The lowest BCUT2D eigenvalue weighted by molar-refractivity contribution is 0.00578. The highest BCUT2D eigenvalue weighted by molar-refractivity contribution is 6.62. The van der Waals surface area contributed by atoms with Crippen LogP contribution in [-0.4, -0.2) is 29.7 Å². The molecule has 0 radical (unpaired) electrons. The van der Waals surface area contributed by atoms with E-state index in [0.717, 1.165) is 12.3 Å². The fourth-order valence-electron chi connectivity index (χ4n) is 2.00. The molecule has 2 heterocycles. The molecule has 0 N–H and O–H groups in total. The Kier molecular flexibility index (Phi) is 3.86. The van der Waals surface area contributed by atoms with Gasteiger partial charge in [-0.3, -0.25) is 0 Å². The van der Waals surface area contributed by atoms with E-state index in [1.165, 1.54) is 0 Å². The molecular formula is C13H17BF3NO2. The number of rotatable bonds is 3. The molecule has 0 bridgehead atoms. The quantitative estimate of drug-likeness (QED) is 0.631. The van der Waals surface area contributed by atoms with E-state index in [-0.39, 0.29) is 11.0 Å². The van der Waals surface area contributed by atoms with Gasteiger partial charge in [0.1, 0.15) is 0 Å². The van der Waals surface area contributed by atoms with Crippen molar-refractivity contribution >= 4 is 12.6 Å². The molecule has 1 aromatic heterocycles. The van der Waals surface area contributed by atoms with E-state index in [2.05, 4.69) is 4.98 Å². The number of pyridine rings is 1. The first kappa shape index (κ1) is 15.3. The maximum Gasteiger partial charge on any atom is 0.495 e. The highest BCUT2D eigenvalue weighted by atomic mass is 19.3. The van der Waals surface area contributed by atoms with E-state index in [0.29, 0.717) is 0 Å². The van der Waals surface area contributed by atoms with Crippen LogP contribution in [-0.2, 0) is 15.7 Å². The van der Waals surface area contributed by atoms with E-state index >= 15 is 0 Å². The van der Waals surface area contributed by atoms with Gasteiger partial charge in [0.25, 0.3) is 0 Å². The average molecular weight is 287 g/mol. The van der Waals surface area contributed by atoms with Crippen molar-refractivity contribution in [3.63, 3.8) is 0 Å². The normalized spacial score (nSPS) is 20.7. The fraction of sp³-hybridized carbons (Fsp3) is 0.615. The molecule has 1 aromatic rings. The molecule has 0 spiro atoms. The minimum Gasteiger partial charge on any atom is -0.399 e. The molecule has 110 valence electrons. The highest BCUT2D eigenvalue weighted by Crippen LogP contribution is 2.36. The summed E-state index contributed by atoms with van der Waals surface area (Å²) in [6, 6.07) is 1.10. The monoisotopic (exact) mass is 287 g/mol. The van der Waals surface area contributed by atoms with Crippen molar-refractivity contribution in [2.75, 3.05) is 0 Å². The second kappa shape index (κ2) is 5.04. The number of halogens is 3. The van der Waals surface area contributed by atoms with E-state index in [1.54, 1.807) is 0 Å². The Morgan fingerprint density at radius 2 is 1.75 bits per heavy atom. The first-order chi connectivity index (χ1) is 9.12. The van der Waals surface area contributed by atoms with Gasteiger partial charge in [0.15, 0.2) is 0 Å². The molecule has 0 unspecified atom stereocenters. The molecular weight excluding hydrogens is 270 g/mol. The van der Waals surface area contributed by atoms with Crippen molar-refractivity contribution in [2.45, 2.75) is 51.7 Å². The summed E-state index contributed by atoms with van der Waals surface area (Å²) in [6.07, 6.45) is -1.93. The molecule has 1 fully saturated rings. The molecule has 1 saturated heterocycles. The lowest BCUT2D eigenvalue weighted by Crippen LogP contribution is -2.41. The SMILES string of the molecule is CC1(C)OB(c2cc(F)ncc2CC(F)F)OC1(C)C. The summed E-state index contributed by atoms with van der Waals surface area (Å²) in [5.41, 5.74) is -0.713. The third-order valence-corrected chi connectivity index (χ3v) is 3.87. The Bertz CT molecular complexity index is 492. The van der Waals surface area contributed by atoms with Gasteiger partial charge in [-0.25, -0.2) is 13.8 Å². The molecule has 0 amide bonds. The van der Waals surface area contributed by atoms with Gasteiger partial charge in [0, 0.05) is 12.6 Å². The largest absolute Gasteiger partial charge is 0.495 e. The molecule has 0 atom stereocenters. The van der Waals surface area contributed by atoms with Crippen LogP contribution >= 0.6 is 0 Å². The lowest BCUT2D eigenvalue weighted by Gasteiger charge is -2.32. The van der Waals surface area contributed by atoms with Gasteiger partial charge in [-0.2, -0.15) is 4.39 Å². The third kappa shape index (κ3) is 2.83. The molecule has 0 aliphatic carbocycles.